The Morgan fingerprint density at radius 2 is 2.04 bits per heavy atom. The van der Waals surface area contributed by atoms with E-state index >= 15 is 0 Å². The molecule has 120 valence electrons. The Balaban J connectivity index is 1.66. The van der Waals surface area contributed by atoms with Gasteiger partial charge in [-0.05, 0) is 24.3 Å². The minimum Gasteiger partial charge on any atom is -0.449 e. The van der Waals surface area contributed by atoms with Crippen molar-refractivity contribution >= 4 is 11.8 Å². The normalized spacial score (nSPS) is 12.0. The van der Waals surface area contributed by atoms with Gasteiger partial charge in [-0.25, -0.2) is 4.79 Å². The monoisotopic (exact) mass is 325 g/mol. The molecule has 0 radical (unpaired) electrons. The van der Waals surface area contributed by atoms with E-state index in [2.05, 4.69) is 15.3 Å². The number of carbonyl (C=O) groups excluding carboxylic acids is 1. The third kappa shape index (κ3) is 2.39. The summed E-state index contributed by atoms with van der Waals surface area (Å²) in [5.41, 5.74) is 0.248. The molecule has 0 fully saturated rings. The molecule has 24 heavy (non-hydrogen) atoms. The largest absolute Gasteiger partial charge is 0.449 e. The number of hydrogen-bond acceptors (Lipinski definition) is 5. The number of carbonyl (C=O) groups is 1. The quantitative estimate of drug-likeness (QED) is 0.517. The summed E-state index contributed by atoms with van der Waals surface area (Å²) in [5.74, 6) is 0.615. The Kier molecular flexibility index (Phi) is 3.09. The highest BCUT2D eigenvalue weighted by molar-refractivity contribution is 6.03. The molecule has 8 nitrogen and oxygen atoms in total. The van der Waals surface area contributed by atoms with Crippen molar-refractivity contribution in [3.8, 4) is 11.6 Å². The molecule has 1 aliphatic heterocycles. The van der Waals surface area contributed by atoms with E-state index in [1.807, 2.05) is 0 Å². The van der Waals surface area contributed by atoms with Gasteiger partial charge in [0.1, 0.15) is 5.75 Å². The van der Waals surface area contributed by atoms with Crippen LogP contribution in [0.25, 0.3) is 0 Å². The minimum absolute atomic E-state index is 0.129. The molecule has 0 saturated carbocycles. The maximum atomic E-state index is 12.2. The van der Waals surface area contributed by atoms with Crippen molar-refractivity contribution in [3.63, 3.8) is 0 Å². The van der Waals surface area contributed by atoms with E-state index in [0.717, 1.165) is 0 Å². The van der Waals surface area contributed by atoms with Gasteiger partial charge in [-0.2, -0.15) is 0 Å². The molecule has 4 rings (SSSR count). The molecule has 3 heterocycles. The predicted molar refractivity (Wildman–Crippen MR) is 83.7 cm³/mol. The van der Waals surface area contributed by atoms with Crippen molar-refractivity contribution in [3.05, 3.63) is 74.1 Å². The molecule has 0 atom stereocenters. The van der Waals surface area contributed by atoms with E-state index in [-0.39, 0.29) is 18.2 Å². The van der Waals surface area contributed by atoms with E-state index in [0.29, 0.717) is 28.3 Å². The van der Waals surface area contributed by atoms with E-state index < -0.39 is 11.2 Å². The SMILES string of the molecule is O=C(Nc1ccco1)c1ccc2c(c1)Cc1c([nH]c(=O)[nH]c1=O)O2. The molecular weight excluding hydrogens is 314 g/mol. The Morgan fingerprint density at radius 3 is 2.83 bits per heavy atom. The lowest BCUT2D eigenvalue weighted by molar-refractivity contribution is 0.102. The van der Waals surface area contributed by atoms with Gasteiger partial charge in [0.2, 0.25) is 5.88 Å². The lowest BCUT2D eigenvalue weighted by atomic mass is 10.0. The van der Waals surface area contributed by atoms with Crippen molar-refractivity contribution < 1.29 is 13.9 Å². The van der Waals surface area contributed by atoms with Gasteiger partial charge in [0.25, 0.3) is 11.5 Å². The van der Waals surface area contributed by atoms with Crippen molar-refractivity contribution in [1.82, 2.24) is 9.97 Å². The van der Waals surface area contributed by atoms with Crippen LogP contribution in [0.2, 0.25) is 0 Å². The summed E-state index contributed by atoms with van der Waals surface area (Å²) >= 11 is 0. The second-order valence-electron chi connectivity index (χ2n) is 5.25. The third-order valence-electron chi connectivity index (χ3n) is 3.66. The minimum atomic E-state index is -0.628. The number of amides is 1. The van der Waals surface area contributed by atoms with Crippen molar-refractivity contribution in [2.24, 2.45) is 0 Å². The molecule has 1 aromatic carbocycles. The van der Waals surface area contributed by atoms with Crippen LogP contribution in [0, 0.1) is 0 Å². The first-order chi connectivity index (χ1) is 11.6. The average Bonchev–Trinajstić information content (AvgIpc) is 3.05. The third-order valence-corrected chi connectivity index (χ3v) is 3.66. The number of aromatic amines is 2. The summed E-state index contributed by atoms with van der Waals surface area (Å²) in [7, 11) is 0. The van der Waals surface area contributed by atoms with Crippen LogP contribution in [0.3, 0.4) is 0 Å². The summed E-state index contributed by atoms with van der Waals surface area (Å²) in [6.07, 6.45) is 1.71. The van der Waals surface area contributed by atoms with Crippen LogP contribution >= 0.6 is 0 Å². The molecule has 0 saturated heterocycles. The first kappa shape index (κ1) is 14.1. The van der Waals surface area contributed by atoms with Gasteiger partial charge in [-0.15, -0.1) is 0 Å². The van der Waals surface area contributed by atoms with Crippen molar-refractivity contribution in [2.45, 2.75) is 6.42 Å². The summed E-state index contributed by atoms with van der Waals surface area (Å²) < 4.78 is 10.6. The van der Waals surface area contributed by atoms with Crippen LogP contribution in [-0.4, -0.2) is 15.9 Å². The molecule has 1 amide bonds. The van der Waals surface area contributed by atoms with E-state index in [9.17, 15) is 14.4 Å². The number of fused-ring (bicyclic) bond motifs is 2. The Bertz CT molecular complexity index is 1050. The zero-order valence-corrected chi connectivity index (χ0v) is 12.2. The molecular formula is C16H11N3O5. The fraction of sp³-hybridized carbons (Fsp3) is 0.0625. The first-order valence-electron chi connectivity index (χ1n) is 7.11. The number of hydrogen-bond donors (Lipinski definition) is 3. The van der Waals surface area contributed by atoms with Crippen LogP contribution in [0.4, 0.5) is 5.88 Å². The first-order valence-corrected chi connectivity index (χ1v) is 7.11. The summed E-state index contributed by atoms with van der Waals surface area (Å²) in [6.45, 7) is 0. The zero-order chi connectivity index (χ0) is 16.7. The highest BCUT2D eigenvalue weighted by atomic mass is 16.5. The van der Waals surface area contributed by atoms with Gasteiger partial charge in [0, 0.05) is 23.6 Å². The van der Waals surface area contributed by atoms with Gasteiger partial charge < -0.3 is 9.15 Å². The number of H-pyrrole nitrogens is 2. The number of furan rings is 1. The summed E-state index contributed by atoms with van der Waals surface area (Å²) in [5, 5.41) is 2.62. The van der Waals surface area contributed by atoms with Gasteiger partial charge in [0.15, 0.2) is 5.88 Å². The maximum absolute atomic E-state index is 12.2. The fourth-order valence-corrected chi connectivity index (χ4v) is 2.53. The lowest BCUT2D eigenvalue weighted by Gasteiger charge is -2.19. The molecule has 0 unspecified atom stereocenters. The van der Waals surface area contributed by atoms with Crippen molar-refractivity contribution in [1.29, 1.82) is 0 Å². The highest BCUT2D eigenvalue weighted by Gasteiger charge is 2.22. The highest BCUT2D eigenvalue weighted by Crippen LogP contribution is 2.33. The Labute approximate surface area is 134 Å². The van der Waals surface area contributed by atoms with Gasteiger partial charge in [-0.3, -0.25) is 24.9 Å². The topological polar surface area (TPSA) is 117 Å². The van der Waals surface area contributed by atoms with Crippen LogP contribution in [0.15, 0.2) is 50.6 Å². The van der Waals surface area contributed by atoms with Crippen LogP contribution < -0.4 is 21.3 Å². The van der Waals surface area contributed by atoms with Crippen LogP contribution in [0.5, 0.6) is 11.6 Å². The number of nitrogens with one attached hydrogen (secondary N) is 3. The van der Waals surface area contributed by atoms with E-state index in [1.54, 1.807) is 30.3 Å². The predicted octanol–water partition coefficient (Wildman–Crippen LogP) is 1.60. The molecule has 0 bridgehead atoms. The van der Waals surface area contributed by atoms with E-state index in [4.69, 9.17) is 9.15 Å². The molecule has 8 heteroatoms. The maximum Gasteiger partial charge on any atom is 0.328 e. The second-order valence-corrected chi connectivity index (χ2v) is 5.25. The van der Waals surface area contributed by atoms with Gasteiger partial charge >= 0.3 is 5.69 Å². The molecule has 2 aromatic heterocycles. The molecule has 3 aromatic rings. The number of aromatic nitrogens is 2. The van der Waals surface area contributed by atoms with Gasteiger partial charge in [-0.1, -0.05) is 0 Å². The number of anilines is 1. The second kappa shape index (κ2) is 5.27. The number of rotatable bonds is 2. The number of ether oxygens (including phenoxy) is 1. The van der Waals surface area contributed by atoms with E-state index in [1.165, 1.54) is 6.26 Å². The average molecular weight is 325 g/mol. The molecule has 0 spiro atoms. The summed E-state index contributed by atoms with van der Waals surface area (Å²) in [6, 6.07) is 8.15. The zero-order valence-electron chi connectivity index (χ0n) is 12.2. The molecule has 0 aliphatic carbocycles. The summed E-state index contributed by atoms with van der Waals surface area (Å²) in [4.78, 5) is 40.0. The number of benzene rings is 1. The van der Waals surface area contributed by atoms with Crippen molar-refractivity contribution in [2.75, 3.05) is 5.32 Å². The fourth-order valence-electron chi connectivity index (χ4n) is 2.53. The Morgan fingerprint density at radius 1 is 1.17 bits per heavy atom. The van der Waals surface area contributed by atoms with Crippen LogP contribution in [-0.2, 0) is 6.42 Å². The smallest absolute Gasteiger partial charge is 0.328 e. The standard InChI is InChI=1S/C16H11N3O5/c20-13(17-12-2-1-5-23-12)8-3-4-11-9(6-8)7-10-14(21)18-16(22)19-15(10)24-11/h1-6H,7H2,(H,17,20)(H2,18,19,21,22). The van der Waals surface area contributed by atoms with Gasteiger partial charge in [0.05, 0.1) is 11.8 Å². The Hall–Kier alpha value is -3.55. The van der Waals surface area contributed by atoms with Crippen LogP contribution in [0.1, 0.15) is 21.5 Å². The molecule has 1 aliphatic rings. The molecule has 3 N–H and O–H groups in total. The lowest BCUT2D eigenvalue weighted by Crippen LogP contribution is -2.28.